The first-order chi connectivity index (χ1) is 11.5. The molecule has 9 heteroatoms. The van der Waals surface area contributed by atoms with Crippen LogP contribution in [0, 0.1) is 10.1 Å². The molecule has 2 N–H and O–H groups in total. The molecule has 0 aliphatic rings. The fourth-order valence-corrected chi connectivity index (χ4v) is 1.83. The van der Waals surface area contributed by atoms with E-state index in [0.29, 0.717) is 0 Å². The number of phenolic OH excluding ortho intramolecular Hbond substituents is 1. The number of phenols is 1. The van der Waals surface area contributed by atoms with Gasteiger partial charge in [-0.3, -0.25) is 10.1 Å². The zero-order chi connectivity index (χ0) is 17.5. The Labute approximate surface area is 136 Å². The van der Waals surface area contributed by atoms with Crippen LogP contribution >= 0.6 is 0 Å². The van der Waals surface area contributed by atoms with E-state index in [1.54, 1.807) is 0 Å². The Hall–Kier alpha value is -3.33. The van der Waals surface area contributed by atoms with Gasteiger partial charge in [0, 0.05) is 31.4 Å². The van der Waals surface area contributed by atoms with Crippen LogP contribution in [-0.4, -0.2) is 35.4 Å². The van der Waals surface area contributed by atoms with Crippen molar-refractivity contribution in [2.24, 2.45) is 5.16 Å². The van der Waals surface area contributed by atoms with Crippen molar-refractivity contribution >= 4 is 11.9 Å². The number of rotatable bonds is 7. The number of nitrogens with zero attached hydrogens (tertiary/aromatic N) is 2. The van der Waals surface area contributed by atoms with Gasteiger partial charge < -0.3 is 24.5 Å². The minimum Gasteiger partial charge on any atom is -0.507 e. The van der Waals surface area contributed by atoms with Gasteiger partial charge in [0.05, 0.1) is 16.7 Å². The van der Waals surface area contributed by atoms with Crippen molar-refractivity contribution in [1.82, 2.24) is 0 Å². The number of nitro groups is 1. The molecule has 2 aromatic carbocycles. The average Bonchev–Trinajstić information content (AvgIpc) is 2.56. The maximum Gasteiger partial charge on any atom is 0.269 e. The van der Waals surface area contributed by atoms with E-state index in [0.717, 1.165) is 6.21 Å². The first-order valence-corrected chi connectivity index (χ1v) is 6.63. The summed E-state index contributed by atoms with van der Waals surface area (Å²) in [6.45, 7) is -0.0378. The Balaban J connectivity index is 2.35. The second-order valence-electron chi connectivity index (χ2n) is 4.50. The van der Waals surface area contributed by atoms with Gasteiger partial charge in [0.2, 0.25) is 0 Å². The minimum atomic E-state index is -0.529. The smallest absolute Gasteiger partial charge is 0.269 e. The van der Waals surface area contributed by atoms with Gasteiger partial charge >= 0.3 is 0 Å². The van der Waals surface area contributed by atoms with Crippen molar-refractivity contribution < 1.29 is 29.4 Å². The number of oxime groups is 1. The van der Waals surface area contributed by atoms with Gasteiger partial charge in [-0.1, -0.05) is 5.16 Å². The van der Waals surface area contributed by atoms with Crippen LogP contribution in [0.5, 0.6) is 23.0 Å². The van der Waals surface area contributed by atoms with E-state index < -0.39 is 4.92 Å². The quantitative estimate of drug-likeness (QED) is 0.262. The highest BCUT2D eigenvalue weighted by molar-refractivity contribution is 5.87. The van der Waals surface area contributed by atoms with Crippen molar-refractivity contribution in [3.8, 4) is 23.0 Å². The van der Waals surface area contributed by atoms with Gasteiger partial charge in [0.15, 0.2) is 6.79 Å². The van der Waals surface area contributed by atoms with Gasteiger partial charge in [-0.25, -0.2) is 0 Å². The second kappa shape index (κ2) is 7.79. The standard InChI is InChI=1S/C15H14N2O7/c1-22-9-23-12-6-14(18)13(8-16-19)15(7-12)24-11-4-2-10(3-5-11)17(20)21/h2-8,18-19H,9H2,1H3/b16-8+. The number of hydrogen-bond acceptors (Lipinski definition) is 8. The van der Waals surface area contributed by atoms with Crippen LogP contribution in [0.25, 0.3) is 0 Å². The number of nitro benzene ring substituents is 1. The van der Waals surface area contributed by atoms with Crippen LogP contribution in [0.2, 0.25) is 0 Å². The first-order valence-electron chi connectivity index (χ1n) is 6.63. The molecule has 0 radical (unpaired) electrons. The summed E-state index contributed by atoms with van der Waals surface area (Å²) < 4.78 is 15.6. The van der Waals surface area contributed by atoms with Gasteiger partial charge in [0.1, 0.15) is 23.0 Å². The van der Waals surface area contributed by atoms with Gasteiger partial charge in [-0.15, -0.1) is 0 Å². The summed E-state index contributed by atoms with van der Waals surface area (Å²) in [6, 6.07) is 8.12. The molecule has 0 bridgehead atoms. The van der Waals surface area contributed by atoms with E-state index in [4.69, 9.17) is 19.4 Å². The lowest BCUT2D eigenvalue weighted by Gasteiger charge is -2.12. The summed E-state index contributed by atoms with van der Waals surface area (Å²) in [4.78, 5) is 10.1. The summed E-state index contributed by atoms with van der Waals surface area (Å²) in [5.41, 5.74) is 0.0279. The highest BCUT2D eigenvalue weighted by Gasteiger charge is 2.13. The third-order valence-electron chi connectivity index (χ3n) is 2.90. The molecule has 126 valence electrons. The van der Waals surface area contributed by atoms with Crippen LogP contribution in [-0.2, 0) is 4.74 Å². The molecule has 24 heavy (non-hydrogen) atoms. The van der Waals surface area contributed by atoms with E-state index in [1.807, 2.05) is 0 Å². The van der Waals surface area contributed by atoms with Gasteiger partial charge in [-0.05, 0) is 12.1 Å². The van der Waals surface area contributed by atoms with Crippen LogP contribution in [0.4, 0.5) is 5.69 Å². The summed E-state index contributed by atoms with van der Waals surface area (Å²) in [5, 5.41) is 32.3. The lowest BCUT2D eigenvalue weighted by atomic mass is 10.2. The molecule has 2 rings (SSSR count). The molecular formula is C15H14N2O7. The van der Waals surface area contributed by atoms with Crippen molar-refractivity contribution in [2.45, 2.75) is 0 Å². The molecule has 2 aromatic rings. The van der Waals surface area contributed by atoms with Crippen LogP contribution in [0.1, 0.15) is 5.56 Å². The van der Waals surface area contributed by atoms with Gasteiger partial charge in [-0.2, -0.15) is 0 Å². The molecule has 0 saturated carbocycles. The molecule has 0 amide bonds. The van der Waals surface area contributed by atoms with Crippen molar-refractivity contribution in [2.75, 3.05) is 13.9 Å². The largest absolute Gasteiger partial charge is 0.507 e. The predicted molar refractivity (Wildman–Crippen MR) is 83.2 cm³/mol. The van der Waals surface area contributed by atoms with Crippen LogP contribution in [0.3, 0.4) is 0 Å². The monoisotopic (exact) mass is 334 g/mol. The summed E-state index contributed by atoms with van der Waals surface area (Å²) in [6.07, 6.45) is 0.996. The normalized spacial score (nSPS) is 10.7. The molecular weight excluding hydrogens is 320 g/mol. The number of non-ortho nitro benzene ring substituents is 1. The lowest BCUT2D eigenvalue weighted by molar-refractivity contribution is -0.384. The topological polar surface area (TPSA) is 124 Å². The Bertz CT molecular complexity index is 744. The van der Waals surface area contributed by atoms with E-state index in [-0.39, 0.29) is 41.0 Å². The van der Waals surface area contributed by atoms with E-state index in [1.165, 1.54) is 43.5 Å². The summed E-state index contributed by atoms with van der Waals surface area (Å²) in [7, 11) is 1.45. The molecule has 0 aliphatic heterocycles. The van der Waals surface area contributed by atoms with Crippen LogP contribution < -0.4 is 9.47 Å². The average molecular weight is 334 g/mol. The first kappa shape index (κ1) is 17.0. The maximum atomic E-state index is 10.7. The molecule has 0 aromatic heterocycles. The molecule has 0 unspecified atom stereocenters. The van der Waals surface area contributed by atoms with Crippen molar-refractivity contribution in [1.29, 1.82) is 0 Å². The number of hydrogen-bond donors (Lipinski definition) is 2. The number of aromatic hydroxyl groups is 1. The van der Waals surface area contributed by atoms with E-state index >= 15 is 0 Å². The zero-order valence-electron chi connectivity index (χ0n) is 12.6. The Morgan fingerprint density at radius 3 is 2.54 bits per heavy atom. The van der Waals surface area contributed by atoms with Gasteiger partial charge in [0.25, 0.3) is 5.69 Å². The number of methoxy groups -OCH3 is 1. The predicted octanol–water partition coefficient (Wildman–Crippen LogP) is 2.88. The molecule has 0 heterocycles. The highest BCUT2D eigenvalue weighted by atomic mass is 16.7. The minimum absolute atomic E-state index is 0.0378. The molecule has 0 spiro atoms. The fraction of sp³-hybridized carbons (Fsp3) is 0.133. The number of ether oxygens (including phenoxy) is 3. The molecule has 0 saturated heterocycles. The molecule has 0 aliphatic carbocycles. The summed E-state index contributed by atoms with van der Waals surface area (Å²) >= 11 is 0. The third kappa shape index (κ3) is 4.11. The Morgan fingerprint density at radius 2 is 1.96 bits per heavy atom. The van der Waals surface area contributed by atoms with E-state index in [9.17, 15) is 15.2 Å². The molecule has 0 atom stereocenters. The Morgan fingerprint density at radius 1 is 1.25 bits per heavy atom. The highest BCUT2D eigenvalue weighted by Crippen LogP contribution is 2.35. The third-order valence-corrected chi connectivity index (χ3v) is 2.90. The molecule has 0 fully saturated rings. The summed E-state index contributed by atoms with van der Waals surface area (Å²) in [5.74, 6) is 0.448. The van der Waals surface area contributed by atoms with E-state index in [2.05, 4.69) is 5.16 Å². The molecule has 9 nitrogen and oxygen atoms in total. The maximum absolute atomic E-state index is 10.7. The number of benzene rings is 2. The van der Waals surface area contributed by atoms with Crippen molar-refractivity contribution in [3.63, 3.8) is 0 Å². The second-order valence-corrected chi connectivity index (χ2v) is 4.50. The zero-order valence-corrected chi connectivity index (χ0v) is 12.6. The van der Waals surface area contributed by atoms with Crippen molar-refractivity contribution in [3.05, 3.63) is 52.1 Å². The van der Waals surface area contributed by atoms with Crippen LogP contribution in [0.15, 0.2) is 41.6 Å². The lowest BCUT2D eigenvalue weighted by Crippen LogP contribution is -2.00. The fourth-order valence-electron chi connectivity index (χ4n) is 1.83. The SMILES string of the molecule is COCOc1cc(O)c(/C=N/O)c(Oc2ccc([N+](=O)[O-])cc2)c1. The Kier molecular flexibility index (Phi) is 5.53.